The number of carbonyl (C=O) groups excluding carboxylic acids is 1. The van der Waals surface area contributed by atoms with E-state index in [9.17, 15) is 4.79 Å². The normalized spacial score (nSPS) is 20.0. The van der Waals surface area contributed by atoms with Crippen LogP contribution < -0.4 is 10.6 Å². The first-order valence-corrected chi connectivity index (χ1v) is 10.2. The maximum Gasteiger partial charge on any atom is 0.272 e. The lowest BCUT2D eigenvalue weighted by Gasteiger charge is -2.27. The summed E-state index contributed by atoms with van der Waals surface area (Å²) in [5.74, 6) is 0.534. The van der Waals surface area contributed by atoms with Crippen LogP contribution in [0.25, 0.3) is 11.4 Å². The van der Waals surface area contributed by atoms with Gasteiger partial charge >= 0.3 is 0 Å². The van der Waals surface area contributed by atoms with Gasteiger partial charge in [0.05, 0.1) is 5.69 Å². The molecule has 0 spiro atoms. The van der Waals surface area contributed by atoms with Crippen LogP contribution in [-0.2, 0) is 7.05 Å². The first-order chi connectivity index (χ1) is 14.5. The lowest BCUT2D eigenvalue weighted by Crippen LogP contribution is -2.47. The van der Waals surface area contributed by atoms with Crippen LogP contribution in [-0.4, -0.2) is 55.7 Å². The van der Waals surface area contributed by atoms with Gasteiger partial charge in [-0.25, -0.2) is 9.97 Å². The molecule has 8 nitrogen and oxygen atoms in total. The van der Waals surface area contributed by atoms with E-state index < -0.39 is 0 Å². The molecule has 4 heterocycles. The maximum absolute atomic E-state index is 13.1. The van der Waals surface area contributed by atoms with Crippen molar-refractivity contribution in [3.8, 4) is 11.4 Å². The zero-order valence-electron chi connectivity index (χ0n) is 17.4. The van der Waals surface area contributed by atoms with Crippen molar-refractivity contribution in [2.45, 2.75) is 32.4 Å². The Morgan fingerprint density at radius 1 is 1.17 bits per heavy atom. The second-order valence-electron chi connectivity index (χ2n) is 8.26. The van der Waals surface area contributed by atoms with E-state index in [1.807, 2.05) is 17.0 Å². The average Bonchev–Trinajstić information content (AvgIpc) is 3.42. The molecule has 2 aromatic heterocycles. The summed E-state index contributed by atoms with van der Waals surface area (Å²) in [4.78, 5) is 24.0. The molecule has 2 aliphatic heterocycles. The molecule has 0 saturated carbocycles. The Morgan fingerprint density at radius 2 is 1.97 bits per heavy atom. The van der Waals surface area contributed by atoms with Crippen LogP contribution in [0.2, 0.25) is 0 Å². The Morgan fingerprint density at radius 3 is 2.67 bits per heavy atom. The summed E-state index contributed by atoms with van der Waals surface area (Å²) >= 11 is 0. The molecular weight excluding hydrogens is 378 g/mol. The molecule has 2 N–H and O–H groups in total. The number of fused-ring (bicyclic) bond motifs is 2. The van der Waals surface area contributed by atoms with Crippen molar-refractivity contribution in [1.82, 2.24) is 30.0 Å². The highest BCUT2D eigenvalue weighted by molar-refractivity contribution is 5.94. The smallest absolute Gasteiger partial charge is 0.272 e. The SMILES string of the molecule is Cc1cc(C)cc(Nc2nccc(-c3cc(C(=O)N4C[C@H]5C[C@H]4CN5)n(C)n3)n2)c1. The molecule has 2 aliphatic rings. The van der Waals surface area contributed by atoms with E-state index >= 15 is 0 Å². The van der Waals surface area contributed by atoms with Crippen LogP contribution in [0.1, 0.15) is 28.0 Å². The van der Waals surface area contributed by atoms with Gasteiger partial charge in [0, 0.05) is 44.1 Å². The van der Waals surface area contributed by atoms with Gasteiger partial charge in [-0.1, -0.05) is 6.07 Å². The van der Waals surface area contributed by atoms with Crippen molar-refractivity contribution in [2.24, 2.45) is 7.05 Å². The second-order valence-corrected chi connectivity index (χ2v) is 8.26. The van der Waals surface area contributed by atoms with E-state index in [2.05, 4.69) is 57.7 Å². The van der Waals surface area contributed by atoms with Gasteiger partial charge in [-0.3, -0.25) is 9.48 Å². The van der Waals surface area contributed by atoms with Crippen molar-refractivity contribution in [1.29, 1.82) is 0 Å². The number of carbonyl (C=O) groups is 1. The summed E-state index contributed by atoms with van der Waals surface area (Å²) in [5.41, 5.74) is 5.21. The van der Waals surface area contributed by atoms with Gasteiger partial charge in [-0.15, -0.1) is 0 Å². The summed E-state index contributed by atoms with van der Waals surface area (Å²) < 4.78 is 1.65. The van der Waals surface area contributed by atoms with Crippen molar-refractivity contribution < 1.29 is 4.79 Å². The number of benzene rings is 1. The van der Waals surface area contributed by atoms with Crippen LogP contribution in [0.15, 0.2) is 36.5 Å². The number of amides is 1. The van der Waals surface area contributed by atoms with E-state index in [1.54, 1.807) is 17.9 Å². The average molecular weight is 403 g/mol. The molecule has 2 saturated heterocycles. The van der Waals surface area contributed by atoms with Crippen LogP contribution in [0.5, 0.6) is 0 Å². The summed E-state index contributed by atoms with van der Waals surface area (Å²) in [5, 5.41) is 11.2. The van der Waals surface area contributed by atoms with Gasteiger partial charge < -0.3 is 15.5 Å². The molecule has 8 heteroatoms. The minimum Gasteiger partial charge on any atom is -0.331 e. The third-order valence-corrected chi connectivity index (χ3v) is 5.81. The second kappa shape index (κ2) is 7.21. The zero-order chi connectivity index (χ0) is 20.8. The number of hydrogen-bond donors (Lipinski definition) is 2. The number of nitrogens with zero attached hydrogens (tertiary/aromatic N) is 5. The van der Waals surface area contributed by atoms with Gasteiger partial charge in [-0.2, -0.15) is 5.10 Å². The van der Waals surface area contributed by atoms with E-state index in [1.165, 1.54) is 11.1 Å². The predicted molar refractivity (Wildman–Crippen MR) is 115 cm³/mol. The number of likely N-dealkylation sites (tertiary alicyclic amines) is 1. The summed E-state index contributed by atoms with van der Waals surface area (Å²) in [6.07, 6.45) is 2.74. The molecule has 1 aromatic carbocycles. The van der Waals surface area contributed by atoms with Crippen LogP contribution in [0.4, 0.5) is 11.6 Å². The van der Waals surface area contributed by atoms with E-state index in [0.717, 1.165) is 25.2 Å². The largest absolute Gasteiger partial charge is 0.331 e. The predicted octanol–water partition coefficient (Wildman–Crippen LogP) is 2.42. The minimum atomic E-state index is 0.0351. The topological polar surface area (TPSA) is 88.0 Å². The van der Waals surface area contributed by atoms with Gasteiger partial charge in [0.2, 0.25) is 5.95 Å². The lowest BCUT2D eigenvalue weighted by molar-refractivity contribution is 0.0705. The third kappa shape index (κ3) is 3.43. The molecule has 2 atom stereocenters. The number of aryl methyl sites for hydroxylation is 3. The highest BCUT2D eigenvalue weighted by atomic mass is 16.2. The van der Waals surface area contributed by atoms with Crippen molar-refractivity contribution >= 4 is 17.5 Å². The van der Waals surface area contributed by atoms with Crippen molar-refractivity contribution in [3.63, 3.8) is 0 Å². The molecule has 2 bridgehead atoms. The molecular formula is C22H25N7O. The Kier molecular flexibility index (Phi) is 4.51. The fraction of sp³-hybridized carbons (Fsp3) is 0.364. The molecule has 154 valence electrons. The lowest BCUT2D eigenvalue weighted by atomic mass is 10.1. The van der Waals surface area contributed by atoms with Gasteiger partial charge in [0.25, 0.3) is 5.91 Å². The van der Waals surface area contributed by atoms with Gasteiger partial charge in [0.1, 0.15) is 11.4 Å². The highest BCUT2D eigenvalue weighted by Gasteiger charge is 2.41. The van der Waals surface area contributed by atoms with Crippen LogP contribution in [0.3, 0.4) is 0 Å². The van der Waals surface area contributed by atoms with E-state index in [0.29, 0.717) is 29.1 Å². The number of aromatic nitrogens is 4. The van der Waals surface area contributed by atoms with E-state index in [-0.39, 0.29) is 11.9 Å². The molecule has 3 aromatic rings. The first kappa shape index (κ1) is 18.7. The summed E-state index contributed by atoms with van der Waals surface area (Å²) in [7, 11) is 1.80. The number of nitrogens with one attached hydrogen (secondary N) is 2. The fourth-order valence-corrected chi connectivity index (χ4v) is 4.49. The summed E-state index contributed by atoms with van der Waals surface area (Å²) in [6, 6.07) is 10.6. The van der Waals surface area contributed by atoms with Crippen molar-refractivity contribution in [3.05, 3.63) is 53.3 Å². The number of hydrogen-bond acceptors (Lipinski definition) is 6. The van der Waals surface area contributed by atoms with E-state index in [4.69, 9.17) is 0 Å². The van der Waals surface area contributed by atoms with Gasteiger partial charge in [-0.05, 0) is 55.7 Å². The summed E-state index contributed by atoms with van der Waals surface area (Å²) in [6.45, 7) is 5.76. The highest BCUT2D eigenvalue weighted by Crippen LogP contribution is 2.26. The Labute approximate surface area is 175 Å². The third-order valence-electron chi connectivity index (χ3n) is 5.81. The monoisotopic (exact) mass is 403 g/mol. The zero-order valence-corrected chi connectivity index (χ0v) is 17.4. The standard InChI is InChI=1S/C22H25N7O/c1-13-6-14(2)8-15(7-13)25-22-23-5-4-18(26-22)19-10-20(28(3)27-19)21(30)29-12-16-9-17(29)11-24-16/h4-8,10,16-17,24H,9,11-12H2,1-3H3,(H,23,25,26)/t16-,17+/m1/s1. The van der Waals surface area contributed by atoms with Crippen LogP contribution in [0, 0.1) is 13.8 Å². The Hall–Kier alpha value is -3.26. The fourth-order valence-electron chi connectivity index (χ4n) is 4.49. The Balaban J connectivity index is 1.39. The number of rotatable bonds is 4. The number of anilines is 2. The number of piperazine rings is 1. The maximum atomic E-state index is 13.1. The molecule has 0 aliphatic carbocycles. The first-order valence-electron chi connectivity index (χ1n) is 10.2. The molecule has 5 rings (SSSR count). The Bertz CT molecular complexity index is 1100. The molecule has 0 unspecified atom stereocenters. The minimum absolute atomic E-state index is 0.0351. The molecule has 2 fully saturated rings. The van der Waals surface area contributed by atoms with Gasteiger partial charge in [0.15, 0.2) is 0 Å². The molecule has 30 heavy (non-hydrogen) atoms. The van der Waals surface area contributed by atoms with Crippen LogP contribution >= 0.6 is 0 Å². The van der Waals surface area contributed by atoms with Crippen molar-refractivity contribution in [2.75, 3.05) is 18.4 Å². The molecule has 1 amide bonds. The quantitative estimate of drug-likeness (QED) is 0.696. The molecule has 0 radical (unpaired) electrons.